The van der Waals surface area contributed by atoms with E-state index in [1.54, 1.807) is 0 Å². The minimum Gasteiger partial charge on any atom is -0.381 e. The van der Waals surface area contributed by atoms with Crippen LogP contribution in [0.1, 0.15) is 43.7 Å². The van der Waals surface area contributed by atoms with Crippen LogP contribution >= 0.6 is 0 Å². The fourth-order valence-electron chi connectivity index (χ4n) is 5.05. The van der Waals surface area contributed by atoms with Gasteiger partial charge in [-0.3, -0.25) is 4.98 Å². The summed E-state index contributed by atoms with van der Waals surface area (Å²) in [6.45, 7) is 7.43. The summed E-state index contributed by atoms with van der Waals surface area (Å²) in [4.78, 5) is 19.2. The molecule has 29 heavy (non-hydrogen) atoms. The molecule has 2 aromatic heterocycles. The van der Waals surface area contributed by atoms with Gasteiger partial charge in [0.25, 0.3) is 0 Å². The van der Waals surface area contributed by atoms with E-state index in [1.165, 1.54) is 44.3 Å². The molecule has 5 heterocycles. The van der Waals surface area contributed by atoms with Gasteiger partial charge in [-0.1, -0.05) is 6.07 Å². The summed E-state index contributed by atoms with van der Waals surface area (Å²) in [5.74, 6) is 2.05. The molecule has 0 amide bonds. The molecule has 3 saturated heterocycles. The summed E-state index contributed by atoms with van der Waals surface area (Å²) < 4.78 is 5.60. The minimum absolute atomic E-state index is 0.450. The van der Waals surface area contributed by atoms with Crippen LogP contribution in [-0.4, -0.2) is 65.8 Å². The summed E-state index contributed by atoms with van der Waals surface area (Å²) in [6, 6.07) is 4.13. The van der Waals surface area contributed by atoms with E-state index in [0.717, 1.165) is 56.5 Å². The van der Waals surface area contributed by atoms with Crippen LogP contribution in [0.25, 0.3) is 11.1 Å². The second kappa shape index (κ2) is 8.76. The van der Waals surface area contributed by atoms with E-state index in [4.69, 9.17) is 14.7 Å². The van der Waals surface area contributed by atoms with E-state index in [1.807, 2.05) is 24.7 Å². The van der Waals surface area contributed by atoms with Crippen molar-refractivity contribution in [1.29, 1.82) is 0 Å². The first kappa shape index (κ1) is 18.9. The minimum atomic E-state index is 0.450. The maximum absolute atomic E-state index is 5.60. The fraction of sp³-hybridized carbons (Fsp3) is 0.609. The first-order valence-electron chi connectivity index (χ1n) is 11.2. The lowest BCUT2D eigenvalue weighted by atomic mass is 9.89. The normalized spacial score (nSPS) is 25.6. The molecule has 3 fully saturated rings. The summed E-state index contributed by atoms with van der Waals surface area (Å²) in [5.41, 5.74) is 3.48. The molecular weight excluding hydrogens is 362 g/mol. The Morgan fingerprint density at radius 2 is 2.00 bits per heavy atom. The van der Waals surface area contributed by atoms with E-state index in [-0.39, 0.29) is 0 Å². The third-order valence-electron chi connectivity index (χ3n) is 6.60. The monoisotopic (exact) mass is 393 g/mol. The third kappa shape index (κ3) is 4.28. The Hall–Kier alpha value is -2.05. The van der Waals surface area contributed by atoms with Crippen molar-refractivity contribution in [2.75, 3.05) is 50.8 Å². The van der Waals surface area contributed by atoms with Gasteiger partial charge in [0.2, 0.25) is 5.95 Å². The van der Waals surface area contributed by atoms with Crippen LogP contribution in [0.5, 0.6) is 0 Å². The van der Waals surface area contributed by atoms with Crippen molar-refractivity contribution >= 4 is 5.95 Å². The van der Waals surface area contributed by atoms with Crippen molar-refractivity contribution < 1.29 is 4.74 Å². The number of hydrogen-bond donors (Lipinski definition) is 0. The summed E-state index contributed by atoms with van der Waals surface area (Å²) >= 11 is 0. The molecule has 3 aliphatic rings. The molecule has 0 saturated carbocycles. The smallest absolute Gasteiger partial charge is 0.225 e. The molecule has 5 rings (SSSR count). The number of pyridine rings is 1. The first-order valence-corrected chi connectivity index (χ1v) is 11.2. The Labute approximate surface area is 173 Å². The van der Waals surface area contributed by atoms with Crippen molar-refractivity contribution in [3.05, 3.63) is 36.4 Å². The van der Waals surface area contributed by atoms with Gasteiger partial charge < -0.3 is 14.5 Å². The lowest BCUT2D eigenvalue weighted by molar-refractivity contribution is 0.149. The average Bonchev–Trinajstić information content (AvgIpc) is 3.49. The standard InChI is InChI=1S/C23H31N5O/c1-2-11-28(10-1)23-25-14-21(19-5-3-8-24-13-19)22(26-23)20-6-4-9-27(16-20)15-18-7-12-29-17-18/h3,5,8,13-14,18,20H,1-2,4,6-7,9-12,15-17H2/t18-,20-/m1/s1. The van der Waals surface area contributed by atoms with Gasteiger partial charge in [0.1, 0.15) is 0 Å². The Balaban J connectivity index is 1.43. The Bertz CT molecular complexity index is 802. The molecule has 2 atom stereocenters. The second-order valence-electron chi connectivity index (χ2n) is 8.73. The number of piperidine rings is 1. The van der Waals surface area contributed by atoms with Crippen LogP contribution in [0.3, 0.4) is 0 Å². The highest BCUT2D eigenvalue weighted by molar-refractivity contribution is 5.65. The summed E-state index contributed by atoms with van der Waals surface area (Å²) in [6.07, 6.45) is 11.9. The quantitative estimate of drug-likeness (QED) is 0.776. The van der Waals surface area contributed by atoms with E-state index < -0.39 is 0 Å². The molecular formula is C23H31N5O. The van der Waals surface area contributed by atoms with Gasteiger partial charge in [-0.05, 0) is 50.6 Å². The van der Waals surface area contributed by atoms with Gasteiger partial charge >= 0.3 is 0 Å². The van der Waals surface area contributed by atoms with Crippen molar-refractivity contribution in [1.82, 2.24) is 19.9 Å². The lowest BCUT2D eigenvalue weighted by Crippen LogP contribution is -2.38. The van der Waals surface area contributed by atoms with Crippen LogP contribution < -0.4 is 4.90 Å². The molecule has 0 N–H and O–H groups in total. The summed E-state index contributed by atoms with van der Waals surface area (Å²) in [5, 5.41) is 0. The van der Waals surface area contributed by atoms with Crippen molar-refractivity contribution in [2.24, 2.45) is 5.92 Å². The van der Waals surface area contributed by atoms with Crippen LogP contribution in [0.2, 0.25) is 0 Å². The molecule has 3 aliphatic heterocycles. The van der Waals surface area contributed by atoms with Gasteiger partial charge in [-0.2, -0.15) is 0 Å². The maximum Gasteiger partial charge on any atom is 0.225 e. The number of anilines is 1. The molecule has 154 valence electrons. The van der Waals surface area contributed by atoms with Crippen LogP contribution in [-0.2, 0) is 4.74 Å². The van der Waals surface area contributed by atoms with Gasteiger partial charge in [0, 0.05) is 68.4 Å². The fourth-order valence-corrected chi connectivity index (χ4v) is 5.05. The zero-order valence-corrected chi connectivity index (χ0v) is 17.2. The number of aromatic nitrogens is 3. The zero-order valence-electron chi connectivity index (χ0n) is 17.2. The van der Waals surface area contributed by atoms with Gasteiger partial charge in [-0.15, -0.1) is 0 Å². The molecule has 2 aromatic rings. The van der Waals surface area contributed by atoms with E-state index in [0.29, 0.717) is 11.8 Å². The highest BCUT2D eigenvalue weighted by Gasteiger charge is 2.29. The number of ether oxygens (including phenoxy) is 1. The average molecular weight is 394 g/mol. The topological polar surface area (TPSA) is 54.4 Å². The summed E-state index contributed by atoms with van der Waals surface area (Å²) in [7, 11) is 0. The molecule has 0 aromatic carbocycles. The Morgan fingerprint density at radius 3 is 2.79 bits per heavy atom. The van der Waals surface area contributed by atoms with E-state index in [2.05, 4.69) is 20.9 Å². The van der Waals surface area contributed by atoms with Crippen LogP contribution in [0.4, 0.5) is 5.95 Å². The largest absolute Gasteiger partial charge is 0.381 e. The number of hydrogen-bond acceptors (Lipinski definition) is 6. The molecule has 0 spiro atoms. The van der Waals surface area contributed by atoms with Crippen LogP contribution in [0.15, 0.2) is 30.7 Å². The van der Waals surface area contributed by atoms with Crippen molar-refractivity contribution in [3.63, 3.8) is 0 Å². The van der Waals surface area contributed by atoms with Gasteiger partial charge in [-0.25, -0.2) is 9.97 Å². The number of likely N-dealkylation sites (tertiary alicyclic amines) is 1. The first-order chi connectivity index (χ1) is 14.4. The molecule has 0 unspecified atom stereocenters. The molecule has 6 nitrogen and oxygen atoms in total. The predicted molar refractivity (Wildman–Crippen MR) is 114 cm³/mol. The molecule has 6 heteroatoms. The molecule has 0 radical (unpaired) electrons. The Morgan fingerprint density at radius 1 is 1.07 bits per heavy atom. The number of nitrogens with zero attached hydrogens (tertiary/aromatic N) is 5. The van der Waals surface area contributed by atoms with E-state index in [9.17, 15) is 0 Å². The second-order valence-corrected chi connectivity index (χ2v) is 8.73. The zero-order chi connectivity index (χ0) is 19.5. The molecule has 0 aliphatic carbocycles. The lowest BCUT2D eigenvalue weighted by Gasteiger charge is -2.34. The number of rotatable bonds is 5. The van der Waals surface area contributed by atoms with Gasteiger partial charge in [0.15, 0.2) is 0 Å². The SMILES string of the molecule is c1cncc(-c2cnc(N3CCCC3)nc2[C@@H]2CCCN(C[C@H]3CCOC3)C2)c1. The maximum atomic E-state index is 5.60. The van der Waals surface area contributed by atoms with E-state index >= 15 is 0 Å². The van der Waals surface area contributed by atoms with Gasteiger partial charge in [0.05, 0.1) is 12.3 Å². The Kier molecular flexibility index (Phi) is 5.72. The third-order valence-corrected chi connectivity index (χ3v) is 6.60. The highest BCUT2D eigenvalue weighted by Crippen LogP contribution is 2.34. The predicted octanol–water partition coefficient (Wildman–Crippen LogP) is 3.35. The van der Waals surface area contributed by atoms with Crippen molar-refractivity contribution in [2.45, 2.75) is 38.0 Å². The molecule has 0 bridgehead atoms. The van der Waals surface area contributed by atoms with Crippen molar-refractivity contribution in [3.8, 4) is 11.1 Å². The highest BCUT2D eigenvalue weighted by atomic mass is 16.5. The van der Waals surface area contributed by atoms with Crippen LogP contribution in [0, 0.1) is 5.92 Å².